The molecule has 1 aliphatic heterocycles. The lowest BCUT2D eigenvalue weighted by atomic mass is 10.2. The number of nitrogens with zero attached hydrogens (tertiary/aromatic N) is 2. The molecule has 0 bridgehead atoms. The van der Waals surface area contributed by atoms with Gasteiger partial charge in [-0.1, -0.05) is 12.1 Å². The maximum atomic E-state index is 12.5. The van der Waals surface area contributed by atoms with Crippen molar-refractivity contribution in [3.63, 3.8) is 0 Å². The van der Waals surface area contributed by atoms with Gasteiger partial charge in [0, 0.05) is 25.7 Å². The lowest BCUT2D eigenvalue weighted by Crippen LogP contribution is -2.34. The predicted molar refractivity (Wildman–Crippen MR) is 80.5 cm³/mol. The molecule has 3 rings (SSSR count). The predicted octanol–water partition coefficient (Wildman–Crippen LogP) is 1.57. The summed E-state index contributed by atoms with van der Waals surface area (Å²) in [4.78, 5) is 28.6. The zero-order chi connectivity index (χ0) is 14.8. The Morgan fingerprint density at radius 2 is 1.95 bits per heavy atom. The zero-order valence-corrected chi connectivity index (χ0v) is 12.0. The van der Waals surface area contributed by atoms with E-state index in [1.807, 2.05) is 7.05 Å². The quantitative estimate of drug-likeness (QED) is 0.798. The fraction of sp³-hybridized carbons (Fsp3) is 0.375. The van der Waals surface area contributed by atoms with Crippen LogP contribution in [-0.2, 0) is 0 Å². The van der Waals surface area contributed by atoms with Gasteiger partial charge in [-0.15, -0.1) is 0 Å². The third kappa shape index (κ3) is 2.83. The standard InChI is InChI=1S/C16H18N2O3/c1-17-7-4-8-18(10-9-17)16(20)15-11-13(19)12-5-2-3-6-14(12)21-15/h2-3,5-6,11H,4,7-10H2,1H3. The number of carbonyl (C=O) groups is 1. The van der Waals surface area contributed by atoms with Gasteiger partial charge in [0.05, 0.1) is 5.39 Å². The SMILES string of the molecule is CN1CCCN(C(=O)c2cc(=O)c3ccccc3o2)CC1. The van der Waals surface area contributed by atoms with Crippen LogP contribution in [0.25, 0.3) is 11.0 Å². The van der Waals surface area contributed by atoms with Crippen molar-refractivity contribution in [1.29, 1.82) is 0 Å². The van der Waals surface area contributed by atoms with Gasteiger partial charge in [-0.05, 0) is 32.1 Å². The van der Waals surface area contributed by atoms with E-state index in [1.54, 1.807) is 29.2 Å². The smallest absolute Gasteiger partial charge is 0.289 e. The summed E-state index contributed by atoms with van der Waals surface area (Å²) in [7, 11) is 2.05. The van der Waals surface area contributed by atoms with Crippen molar-refractivity contribution in [3.05, 3.63) is 46.3 Å². The van der Waals surface area contributed by atoms with E-state index in [1.165, 1.54) is 6.07 Å². The molecule has 0 radical (unpaired) electrons. The van der Waals surface area contributed by atoms with Crippen LogP contribution < -0.4 is 5.43 Å². The third-order valence-corrected chi connectivity index (χ3v) is 3.85. The van der Waals surface area contributed by atoms with Crippen LogP contribution in [-0.4, -0.2) is 48.9 Å². The van der Waals surface area contributed by atoms with Crippen molar-refractivity contribution in [2.75, 3.05) is 33.2 Å². The first-order valence-corrected chi connectivity index (χ1v) is 7.16. The molecule has 0 N–H and O–H groups in total. The molecule has 1 amide bonds. The molecule has 1 aromatic heterocycles. The summed E-state index contributed by atoms with van der Waals surface area (Å²) in [6.07, 6.45) is 0.931. The van der Waals surface area contributed by atoms with E-state index in [4.69, 9.17) is 4.42 Å². The molecule has 2 heterocycles. The van der Waals surface area contributed by atoms with E-state index in [-0.39, 0.29) is 17.1 Å². The molecule has 1 fully saturated rings. The van der Waals surface area contributed by atoms with E-state index in [9.17, 15) is 9.59 Å². The molecule has 5 nitrogen and oxygen atoms in total. The minimum Gasteiger partial charge on any atom is -0.451 e. The number of hydrogen-bond acceptors (Lipinski definition) is 4. The Kier molecular flexibility index (Phi) is 3.75. The number of hydrogen-bond donors (Lipinski definition) is 0. The van der Waals surface area contributed by atoms with Crippen molar-refractivity contribution in [1.82, 2.24) is 9.80 Å². The minimum atomic E-state index is -0.201. The second-order valence-corrected chi connectivity index (χ2v) is 5.42. The summed E-state index contributed by atoms with van der Waals surface area (Å²) in [5.74, 6) is -0.0728. The van der Waals surface area contributed by atoms with E-state index in [2.05, 4.69) is 4.90 Å². The number of fused-ring (bicyclic) bond motifs is 1. The first-order chi connectivity index (χ1) is 10.1. The van der Waals surface area contributed by atoms with Crippen molar-refractivity contribution < 1.29 is 9.21 Å². The first-order valence-electron chi connectivity index (χ1n) is 7.16. The number of rotatable bonds is 1. The van der Waals surface area contributed by atoms with Gasteiger partial charge >= 0.3 is 0 Å². The maximum absolute atomic E-state index is 12.5. The number of para-hydroxylation sites is 1. The normalized spacial score (nSPS) is 16.9. The maximum Gasteiger partial charge on any atom is 0.289 e. The monoisotopic (exact) mass is 286 g/mol. The molecular weight excluding hydrogens is 268 g/mol. The van der Waals surface area contributed by atoms with E-state index < -0.39 is 0 Å². The van der Waals surface area contributed by atoms with Gasteiger partial charge in [-0.3, -0.25) is 9.59 Å². The lowest BCUT2D eigenvalue weighted by molar-refractivity contribution is 0.0731. The highest BCUT2D eigenvalue weighted by Crippen LogP contribution is 2.14. The van der Waals surface area contributed by atoms with Crippen molar-refractivity contribution in [2.24, 2.45) is 0 Å². The molecule has 21 heavy (non-hydrogen) atoms. The number of carbonyl (C=O) groups excluding carboxylic acids is 1. The van der Waals surface area contributed by atoms with Crippen LogP contribution in [0.15, 0.2) is 39.5 Å². The van der Waals surface area contributed by atoms with Gasteiger partial charge in [0.1, 0.15) is 5.58 Å². The largest absolute Gasteiger partial charge is 0.451 e. The Morgan fingerprint density at radius 1 is 1.14 bits per heavy atom. The van der Waals surface area contributed by atoms with E-state index in [0.717, 1.165) is 19.5 Å². The molecule has 1 aliphatic rings. The van der Waals surface area contributed by atoms with Crippen molar-refractivity contribution in [3.8, 4) is 0 Å². The molecule has 0 unspecified atom stereocenters. The van der Waals surface area contributed by atoms with Gasteiger partial charge in [0.15, 0.2) is 11.2 Å². The van der Waals surface area contributed by atoms with Gasteiger partial charge in [-0.25, -0.2) is 0 Å². The number of benzene rings is 1. The second kappa shape index (κ2) is 5.69. The Morgan fingerprint density at radius 3 is 2.81 bits per heavy atom. The summed E-state index contributed by atoms with van der Waals surface area (Å²) in [6.45, 7) is 3.17. The summed E-state index contributed by atoms with van der Waals surface area (Å²) in [5, 5.41) is 0.504. The third-order valence-electron chi connectivity index (χ3n) is 3.85. The van der Waals surface area contributed by atoms with E-state index >= 15 is 0 Å². The second-order valence-electron chi connectivity index (χ2n) is 5.42. The molecule has 5 heteroatoms. The van der Waals surface area contributed by atoms with Gasteiger partial charge in [0.2, 0.25) is 0 Å². The van der Waals surface area contributed by atoms with Gasteiger partial charge in [-0.2, -0.15) is 0 Å². The Bertz CT molecular complexity index is 723. The molecule has 110 valence electrons. The highest BCUT2D eigenvalue weighted by Gasteiger charge is 2.21. The Labute approximate surface area is 122 Å². The van der Waals surface area contributed by atoms with Crippen LogP contribution >= 0.6 is 0 Å². The van der Waals surface area contributed by atoms with Crippen molar-refractivity contribution >= 4 is 16.9 Å². The summed E-state index contributed by atoms with van der Waals surface area (Å²) < 4.78 is 5.62. The lowest BCUT2D eigenvalue weighted by Gasteiger charge is -2.19. The summed E-state index contributed by atoms with van der Waals surface area (Å²) in [5.41, 5.74) is 0.285. The molecule has 1 saturated heterocycles. The van der Waals surface area contributed by atoms with Gasteiger partial charge in [0.25, 0.3) is 5.91 Å². The molecule has 1 aromatic carbocycles. The topological polar surface area (TPSA) is 53.8 Å². The number of likely N-dealkylation sites (N-methyl/N-ethyl adjacent to an activating group) is 1. The van der Waals surface area contributed by atoms with Crippen LogP contribution in [0.5, 0.6) is 0 Å². The van der Waals surface area contributed by atoms with Crippen LogP contribution in [0.3, 0.4) is 0 Å². The fourth-order valence-corrected chi connectivity index (χ4v) is 2.61. The molecule has 0 atom stereocenters. The average molecular weight is 286 g/mol. The molecular formula is C16H18N2O3. The highest BCUT2D eigenvalue weighted by atomic mass is 16.3. The number of amides is 1. The van der Waals surface area contributed by atoms with Crippen LogP contribution in [0, 0.1) is 0 Å². The van der Waals surface area contributed by atoms with Gasteiger partial charge < -0.3 is 14.2 Å². The zero-order valence-electron chi connectivity index (χ0n) is 12.0. The van der Waals surface area contributed by atoms with E-state index in [0.29, 0.717) is 24.1 Å². The van der Waals surface area contributed by atoms with Crippen molar-refractivity contribution in [2.45, 2.75) is 6.42 Å². The summed E-state index contributed by atoms with van der Waals surface area (Å²) in [6, 6.07) is 8.30. The highest BCUT2D eigenvalue weighted by molar-refractivity contribution is 5.93. The molecule has 0 aliphatic carbocycles. The Balaban J connectivity index is 1.92. The van der Waals surface area contributed by atoms with Crippen LogP contribution in [0.1, 0.15) is 17.0 Å². The summed E-state index contributed by atoms with van der Waals surface area (Å²) >= 11 is 0. The molecule has 0 saturated carbocycles. The van der Waals surface area contributed by atoms with Crippen LogP contribution in [0.4, 0.5) is 0 Å². The minimum absolute atomic E-state index is 0.128. The molecule has 0 spiro atoms. The fourth-order valence-electron chi connectivity index (χ4n) is 2.61. The molecule has 2 aromatic rings. The average Bonchev–Trinajstić information content (AvgIpc) is 2.71. The van der Waals surface area contributed by atoms with Crippen LogP contribution in [0.2, 0.25) is 0 Å². The Hall–Kier alpha value is -2.14. The first kappa shape index (κ1) is 13.8.